The highest BCUT2D eigenvalue weighted by Crippen LogP contribution is 2.38. The Morgan fingerprint density at radius 1 is 0.944 bits per heavy atom. The lowest BCUT2D eigenvalue weighted by atomic mass is 10.0. The molecule has 2 aromatic rings. The van der Waals surface area contributed by atoms with Crippen LogP contribution in [0.4, 0.5) is 0 Å². The zero-order valence-electron chi connectivity index (χ0n) is 11.0. The largest absolute Gasteiger partial charge is 0.489 e. The smallest absolute Gasteiger partial charge is 0.141 e. The van der Waals surface area contributed by atoms with Crippen molar-refractivity contribution in [1.82, 2.24) is 0 Å². The van der Waals surface area contributed by atoms with Gasteiger partial charge in [0.05, 0.1) is 6.10 Å². The third-order valence-electron chi connectivity index (χ3n) is 2.64. The molecule has 0 bridgehead atoms. The summed E-state index contributed by atoms with van der Waals surface area (Å²) in [5.41, 5.74) is 2.36. The Bertz CT molecular complexity index is 506. The van der Waals surface area contributed by atoms with Crippen LogP contribution in [0.2, 0.25) is 0 Å². The van der Waals surface area contributed by atoms with E-state index in [1.54, 1.807) is 11.8 Å². The number of rotatable bonds is 4. The van der Waals surface area contributed by atoms with Crippen LogP contribution in [0, 0.1) is 0 Å². The zero-order valence-corrected chi connectivity index (χ0v) is 11.8. The van der Waals surface area contributed by atoms with Crippen LogP contribution in [0.25, 0.3) is 11.1 Å². The average molecular weight is 258 g/mol. The van der Waals surface area contributed by atoms with Gasteiger partial charge in [0.25, 0.3) is 0 Å². The quantitative estimate of drug-likeness (QED) is 0.724. The van der Waals surface area contributed by atoms with Gasteiger partial charge in [-0.25, -0.2) is 0 Å². The summed E-state index contributed by atoms with van der Waals surface area (Å²) in [5.74, 6) is 0.992. The molecule has 0 atom stereocenters. The highest BCUT2D eigenvalue weighted by molar-refractivity contribution is 7.98. The highest BCUT2D eigenvalue weighted by atomic mass is 32.2. The van der Waals surface area contributed by atoms with E-state index in [-0.39, 0.29) is 6.10 Å². The number of ether oxygens (including phenoxy) is 1. The molecule has 2 rings (SSSR count). The first-order valence-electron chi connectivity index (χ1n) is 6.11. The molecule has 0 spiro atoms. The van der Waals surface area contributed by atoms with Gasteiger partial charge in [0.15, 0.2) is 0 Å². The summed E-state index contributed by atoms with van der Waals surface area (Å²) in [4.78, 5) is 1.19. The van der Waals surface area contributed by atoms with Gasteiger partial charge in [0.1, 0.15) is 5.75 Å². The Morgan fingerprint density at radius 3 is 2.28 bits per heavy atom. The summed E-state index contributed by atoms with van der Waals surface area (Å²) in [5, 5.41) is 0. The molecule has 0 aliphatic heterocycles. The summed E-state index contributed by atoms with van der Waals surface area (Å²) in [6.07, 6.45) is 2.26. The SMILES string of the molecule is CSc1cccc(-c2ccccc2)c1OC(C)C. The summed E-state index contributed by atoms with van der Waals surface area (Å²) >= 11 is 1.72. The second-order valence-corrected chi connectivity index (χ2v) is 5.22. The van der Waals surface area contributed by atoms with Crippen LogP contribution >= 0.6 is 11.8 Å². The molecular weight excluding hydrogens is 240 g/mol. The molecule has 0 fully saturated rings. The molecule has 0 aromatic heterocycles. The van der Waals surface area contributed by atoms with Gasteiger partial charge in [-0.1, -0.05) is 42.5 Å². The van der Waals surface area contributed by atoms with Gasteiger partial charge in [-0.05, 0) is 31.7 Å². The summed E-state index contributed by atoms with van der Waals surface area (Å²) in [7, 11) is 0. The molecule has 0 saturated carbocycles. The molecular formula is C16H18OS. The summed E-state index contributed by atoms with van der Waals surface area (Å²) in [6.45, 7) is 4.12. The lowest BCUT2D eigenvalue weighted by Gasteiger charge is -2.17. The Balaban J connectivity index is 2.52. The fourth-order valence-electron chi connectivity index (χ4n) is 1.88. The molecule has 2 aromatic carbocycles. The molecule has 0 aliphatic carbocycles. The van der Waals surface area contributed by atoms with Gasteiger partial charge in [-0.3, -0.25) is 0 Å². The molecule has 0 radical (unpaired) electrons. The minimum atomic E-state index is 0.181. The number of thioether (sulfide) groups is 1. The maximum atomic E-state index is 6.00. The van der Waals surface area contributed by atoms with E-state index in [2.05, 4.69) is 62.6 Å². The molecule has 0 amide bonds. The monoisotopic (exact) mass is 258 g/mol. The predicted octanol–water partition coefficient (Wildman–Crippen LogP) is 4.86. The van der Waals surface area contributed by atoms with E-state index in [4.69, 9.17) is 4.74 Å². The second kappa shape index (κ2) is 5.96. The lowest BCUT2D eigenvalue weighted by molar-refractivity contribution is 0.238. The maximum Gasteiger partial charge on any atom is 0.141 e. The molecule has 0 N–H and O–H groups in total. The van der Waals surface area contributed by atoms with Crippen LogP contribution in [-0.2, 0) is 0 Å². The first-order valence-corrected chi connectivity index (χ1v) is 7.34. The fourth-order valence-corrected chi connectivity index (χ4v) is 2.44. The van der Waals surface area contributed by atoms with Gasteiger partial charge in [-0.2, -0.15) is 0 Å². The minimum Gasteiger partial charge on any atom is -0.489 e. The standard InChI is InChI=1S/C16H18OS/c1-12(2)17-16-14(10-7-11-15(16)18-3)13-8-5-4-6-9-13/h4-12H,1-3H3. The van der Waals surface area contributed by atoms with Gasteiger partial charge >= 0.3 is 0 Å². The van der Waals surface area contributed by atoms with Gasteiger partial charge in [-0.15, -0.1) is 11.8 Å². The van der Waals surface area contributed by atoms with Crippen molar-refractivity contribution >= 4 is 11.8 Å². The Kier molecular flexibility index (Phi) is 4.32. The molecule has 94 valence electrons. The number of para-hydroxylation sites is 1. The van der Waals surface area contributed by atoms with E-state index in [0.717, 1.165) is 11.3 Å². The van der Waals surface area contributed by atoms with E-state index >= 15 is 0 Å². The minimum absolute atomic E-state index is 0.181. The number of hydrogen-bond acceptors (Lipinski definition) is 2. The normalized spacial score (nSPS) is 10.7. The van der Waals surface area contributed by atoms with Crippen LogP contribution in [-0.4, -0.2) is 12.4 Å². The highest BCUT2D eigenvalue weighted by Gasteiger charge is 2.12. The van der Waals surface area contributed by atoms with Crippen molar-refractivity contribution in [3.05, 3.63) is 48.5 Å². The molecule has 2 heteroatoms. The van der Waals surface area contributed by atoms with Crippen molar-refractivity contribution in [3.8, 4) is 16.9 Å². The molecule has 1 nitrogen and oxygen atoms in total. The van der Waals surface area contributed by atoms with Crippen LogP contribution in [0.15, 0.2) is 53.4 Å². The van der Waals surface area contributed by atoms with E-state index in [1.165, 1.54) is 10.5 Å². The molecule has 0 heterocycles. The Morgan fingerprint density at radius 2 is 1.67 bits per heavy atom. The first-order chi connectivity index (χ1) is 8.72. The fraction of sp³-hybridized carbons (Fsp3) is 0.250. The van der Waals surface area contributed by atoms with Crippen molar-refractivity contribution in [2.45, 2.75) is 24.8 Å². The van der Waals surface area contributed by atoms with Crippen molar-refractivity contribution in [1.29, 1.82) is 0 Å². The van der Waals surface area contributed by atoms with Crippen molar-refractivity contribution < 1.29 is 4.74 Å². The van der Waals surface area contributed by atoms with Gasteiger partial charge in [0, 0.05) is 10.5 Å². The topological polar surface area (TPSA) is 9.23 Å². The second-order valence-electron chi connectivity index (χ2n) is 4.37. The van der Waals surface area contributed by atoms with Gasteiger partial charge < -0.3 is 4.74 Å². The van der Waals surface area contributed by atoms with Crippen molar-refractivity contribution in [2.75, 3.05) is 6.26 Å². The number of benzene rings is 2. The van der Waals surface area contributed by atoms with Crippen LogP contribution in [0.3, 0.4) is 0 Å². The lowest BCUT2D eigenvalue weighted by Crippen LogP contribution is -2.07. The molecule has 0 unspecified atom stereocenters. The van der Waals surface area contributed by atoms with Crippen LogP contribution in [0.5, 0.6) is 5.75 Å². The molecule has 0 aliphatic rings. The third-order valence-corrected chi connectivity index (χ3v) is 3.40. The van der Waals surface area contributed by atoms with E-state index < -0.39 is 0 Å². The summed E-state index contributed by atoms with van der Waals surface area (Å²) < 4.78 is 6.00. The van der Waals surface area contributed by atoms with Crippen molar-refractivity contribution in [2.24, 2.45) is 0 Å². The van der Waals surface area contributed by atoms with Crippen LogP contribution in [0.1, 0.15) is 13.8 Å². The van der Waals surface area contributed by atoms with Crippen molar-refractivity contribution in [3.63, 3.8) is 0 Å². The Labute approximate surface area is 113 Å². The van der Waals surface area contributed by atoms with E-state index in [9.17, 15) is 0 Å². The zero-order chi connectivity index (χ0) is 13.0. The van der Waals surface area contributed by atoms with Gasteiger partial charge in [0.2, 0.25) is 0 Å². The Hall–Kier alpha value is -1.41. The van der Waals surface area contributed by atoms with E-state index in [0.29, 0.717) is 0 Å². The third kappa shape index (κ3) is 2.88. The summed E-state index contributed by atoms with van der Waals surface area (Å²) in [6, 6.07) is 16.7. The first kappa shape index (κ1) is 13.0. The van der Waals surface area contributed by atoms with E-state index in [1.807, 2.05) is 6.07 Å². The molecule has 0 saturated heterocycles. The molecule has 18 heavy (non-hydrogen) atoms. The number of hydrogen-bond donors (Lipinski definition) is 0. The maximum absolute atomic E-state index is 6.00. The van der Waals surface area contributed by atoms with Crippen LogP contribution < -0.4 is 4.74 Å². The predicted molar refractivity (Wildman–Crippen MR) is 79.4 cm³/mol. The average Bonchev–Trinajstić information content (AvgIpc) is 2.39.